The first-order chi connectivity index (χ1) is 12.4. The van der Waals surface area contributed by atoms with Crippen LogP contribution >= 0.6 is 11.6 Å². The molecule has 2 aromatic rings. The van der Waals surface area contributed by atoms with Crippen molar-refractivity contribution < 1.29 is 19.1 Å². The van der Waals surface area contributed by atoms with Gasteiger partial charge in [-0.1, -0.05) is 35.9 Å². The maximum atomic E-state index is 13.1. The Morgan fingerprint density at radius 1 is 1.15 bits per heavy atom. The van der Waals surface area contributed by atoms with Gasteiger partial charge in [0.05, 0.1) is 10.6 Å². The van der Waals surface area contributed by atoms with Crippen LogP contribution in [-0.4, -0.2) is 29.1 Å². The van der Waals surface area contributed by atoms with Crippen LogP contribution in [0.1, 0.15) is 17.5 Å². The van der Waals surface area contributed by atoms with Crippen LogP contribution in [0.4, 0.5) is 10.1 Å². The van der Waals surface area contributed by atoms with Crippen molar-refractivity contribution in [2.75, 3.05) is 11.9 Å². The Balaban J connectivity index is 1.56. The monoisotopic (exact) mass is 376 g/mol. The van der Waals surface area contributed by atoms with Crippen LogP contribution < -0.4 is 10.6 Å². The van der Waals surface area contributed by atoms with E-state index < -0.39 is 23.2 Å². The molecule has 0 spiro atoms. The standard InChI is InChI=1S/C19H18ClFN2O3/c20-15-9-14(5-6-16(15)21)23-18(25)17(24)22-11-19(26)8-7-12-3-1-2-4-13(12)10-19/h1-6,9,26H,7-8,10-11H2,(H,22,24)(H,23,25)/t19-/m1/s1. The molecule has 0 radical (unpaired) electrons. The fraction of sp³-hybridized carbons (Fsp3) is 0.263. The molecule has 1 atom stereocenters. The summed E-state index contributed by atoms with van der Waals surface area (Å²) >= 11 is 5.64. The average molecular weight is 377 g/mol. The van der Waals surface area contributed by atoms with E-state index in [1.54, 1.807) is 0 Å². The van der Waals surface area contributed by atoms with Crippen molar-refractivity contribution in [1.29, 1.82) is 0 Å². The Hall–Kier alpha value is -2.44. The highest BCUT2D eigenvalue weighted by Gasteiger charge is 2.32. The van der Waals surface area contributed by atoms with Crippen LogP contribution in [-0.2, 0) is 22.4 Å². The zero-order chi connectivity index (χ0) is 18.7. The molecule has 1 aliphatic carbocycles. The normalized spacial score (nSPS) is 18.7. The fourth-order valence-corrected chi connectivity index (χ4v) is 3.20. The molecule has 0 unspecified atom stereocenters. The molecule has 1 aliphatic rings. The Bertz CT molecular complexity index is 858. The molecule has 0 fully saturated rings. The third-order valence-electron chi connectivity index (χ3n) is 4.46. The smallest absolute Gasteiger partial charge is 0.313 e. The minimum atomic E-state index is -1.09. The van der Waals surface area contributed by atoms with Gasteiger partial charge in [0.25, 0.3) is 0 Å². The van der Waals surface area contributed by atoms with Gasteiger partial charge in [-0.2, -0.15) is 0 Å². The zero-order valence-corrected chi connectivity index (χ0v) is 14.6. The van der Waals surface area contributed by atoms with Crippen molar-refractivity contribution in [3.63, 3.8) is 0 Å². The largest absolute Gasteiger partial charge is 0.388 e. The van der Waals surface area contributed by atoms with Crippen LogP contribution in [0.3, 0.4) is 0 Å². The number of halogens is 2. The molecular formula is C19H18ClFN2O3. The van der Waals surface area contributed by atoms with E-state index in [-0.39, 0.29) is 17.3 Å². The summed E-state index contributed by atoms with van der Waals surface area (Å²) in [5.74, 6) is -2.40. The fourth-order valence-electron chi connectivity index (χ4n) is 3.02. The van der Waals surface area contributed by atoms with Crippen molar-refractivity contribution in [2.24, 2.45) is 0 Å². The predicted octanol–water partition coefficient (Wildman–Crippen LogP) is 2.45. The summed E-state index contributed by atoms with van der Waals surface area (Å²) in [5.41, 5.74) is 1.35. The second kappa shape index (κ2) is 7.43. The number of amides is 2. The summed E-state index contributed by atoms with van der Waals surface area (Å²) in [5, 5.41) is 15.3. The van der Waals surface area contributed by atoms with Gasteiger partial charge >= 0.3 is 11.8 Å². The van der Waals surface area contributed by atoms with Crippen LogP contribution in [0.5, 0.6) is 0 Å². The van der Waals surface area contributed by atoms with E-state index in [1.807, 2.05) is 24.3 Å². The summed E-state index contributed by atoms with van der Waals surface area (Å²) in [6, 6.07) is 11.5. The maximum Gasteiger partial charge on any atom is 0.313 e. The number of carbonyl (C=O) groups excluding carboxylic acids is 2. The van der Waals surface area contributed by atoms with Crippen molar-refractivity contribution in [2.45, 2.75) is 24.9 Å². The van der Waals surface area contributed by atoms with E-state index in [9.17, 15) is 19.1 Å². The molecule has 0 saturated carbocycles. The summed E-state index contributed by atoms with van der Waals surface area (Å²) in [6.07, 6.45) is 1.63. The number of rotatable bonds is 3. The van der Waals surface area contributed by atoms with E-state index in [1.165, 1.54) is 17.7 Å². The van der Waals surface area contributed by atoms with Gasteiger partial charge in [-0.25, -0.2) is 4.39 Å². The lowest BCUT2D eigenvalue weighted by Crippen LogP contribution is -2.49. The molecule has 0 saturated heterocycles. The highest BCUT2D eigenvalue weighted by atomic mass is 35.5. The molecule has 2 aromatic carbocycles. The van der Waals surface area contributed by atoms with Crippen LogP contribution in [0.25, 0.3) is 0 Å². The molecule has 0 aliphatic heterocycles. The first-order valence-corrected chi connectivity index (χ1v) is 8.57. The van der Waals surface area contributed by atoms with Crippen molar-refractivity contribution in [1.82, 2.24) is 5.32 Å². The number of benzene rings is 2. The molecule has 0 heterocycles. The van der Waals surface area contributed by atoms with Gasteiger partial charge in [0.1, 0.15) is 5.82 Å². The Kier molecular flexibility index (Phi) is 5.25. The number of aliphatic hydroxyl groups is 1. The quantitative estimate of drug-likeness (QED) is 0.720. The molecule has 136 valence electrons. The number of aryl methyl sites for hydroxylation is 1. The topological polar surface area (TPSA) is 78.4 Å². The summed E-state index contributed by atoms with van der Waals surface area (Å²) in [7, 11) is 0. The Morgan fingerprint density at radius 2 is 1.88 bits per heavy atom. The number of carbonyl (C=O) groups is 2. The van der Waals surface area contributed by atoms with E-state index in [4.69, 9.17) is 11.6 Å². The van der Waals surface area contributed by atoms with E-state index in [2.05, 4.69) is 10.6 Å². The van der Waals surface area contributed by atoms with Gasteiger partial charge in [0.2, 0.25) is 0 Å². The highest BCUT2D eigenvalue weighted by Crippen LogP contribution is 2.28. The van der Waals surface area contributed by atoms with Gasteiger partial charge in [-0.05, 0) is 42.2 Å². The zero-order valence-electron chi connectivity index (χ0n) is 13.9. The molecule has 0 bridgehead atoms. The van der Waals surface area contributed by atoms with Gasteiger partial charge in [0.15, 0.2) is 0 Å². The molecule has 0 aromatic heterocycles. The van der Waals surface area contributed by atoms with Gasteiger partial charge in [-0.3, -0.25) is 9.59 Å². The number of hydrogen-bond acceptors (Lipinski definition) is 3. The molecule has 2 amide bonds. The first kappa shape index (κ1) is 18.4. The summed E-state index contributed by atoms with van der Waals surface area (Å²) < 4.78 is 13.1. The SMILES string of the molecule is O=C(NC[C@@]1(O)CCc2ccccc2C1)C(=O)Nc1ccc(F)c(Cl)c1. The second-order valence-electron chi connectivity index (χ2n) is 6.44. The molecule has 3 rings (SSSR count). The maximum absolute atomic E-state index is 13.1. The molecule has 7 heteroatoms. The number of nitrogens with one attached hydrogen (secondary N) is 2. The van der Waals surface area contributed by atoms with Crippen molar-refractivity contribution in [3.05, 3.63) is 64.4 Å². The third kappa shape index (κ3) is 4.20. The van der Waals surface area contributed by atoms with Crippen molar-refractivity contribution in [3.8, 4) is 0 Å². The molecular weight excluding hydrogens is 359 g/mol. The van der Waals surface area contributed by atoms with Gasteiger partial charge < -0.3 is 15.7 Å². The van der Waals surface area contributed by atoms with Crippen LogP contribution in [0, 0.1) is 5.82 Å². The summed E-state index contributed by atoms with van der Waals surface area (Å²) in [6.45, 7) is -0.0300. The lowest BCUT2D eigenvalue weighted by Gasteiger charge is -2.33. The molecule has 26 heavy (non-hydrogen) atoms. The van der Waals surface area contributed by atoms with Crippen molar-refractivity contribution >= 4 is 29.1 Å². The van der Waals surface area contributed by atoms with Crippen LogP contribution in [0.15, 0.2) is 42.5 Å². The minimum absolute atomic E-state index is 0.0300. The van der Waals surface area contributed by atoms with Gasteiger partial charge in [0, 0.05) is 18.7 Å². The van der Waals surface area contributed by atoms with Gasteiger partial charge in [-0.15, -0.1) is 0 Å². The van der Waals surface area contributed by atoms with E-state index in [0.29, 0.717) is 19.3 Å². The molecule has 5 nitrogen and oxygen atoms in total. The van der Waals surface area contributed by atoms with Crippen LogP contribution in [0.2, 0.25) is 5.02 Å². The number of anilines is 1. The Labute approximate surface area is 155 Å². The lowest BCUT2D eigenvalue weighted by atomic mass is 9.80. The molecule has 3 N–H and O–H groups in total. The third-order valence-corrected chi connectivity index (χ3v) is 4.75. The predicted molar refractivity (Wildman–Crippen MR) is 96.5 cm³/mol. The lowest BCUT2D eigenvalue weighted by molar-refractivity contribution is -0.136. The average Bonchev–Trinajstić information content (AvgIpc) is 2.62. The second-order valence-corrected chi connectivity index (χ2v) is 6.84. The number of hydrogen-bond donors (Lipinski definition) is 3. The summed E-state index contributed by atoms with van der Waals surface area (Å²) in [4.78, 5) is 23.9. The first-order valence-electron chi connectivity index (χ1n) is 8.20. The minimum Gasteiger partial charge on any atom is -0.388 e. The number of fused-ring (bicyclic) bond motifs is 1. The highest BCUT2D eigenvalue weighted by molar-refractivity contribution is 6.39. The van der Waals surface area contributed by atoms with E-state index >= 15 is 0 Å². The Morgan fingerprint density at radius 3 is 2.62 bits per heavy atom. The van der Waals surface area contributed by atoms with E-state index in [0.717, 1.165) is 11.6 Å².